The molecule has 0 radical (unpaired) electrons. The zero-order valence-electron chi connectivity index (χ0n) is 9.65. The average molecular weight is 238 g/mol. The van der Waals surface area contributed by atoms with Crippen LogP contribution in [-0.2, 0) is 4.74 Å². The van der Waals surface area contributed by atoms with Crippen LogP contribution in [0.25, 0.3) is 0 Å². The molecule has 2 N–H and O–H groups in total. The molecule has 1 aliphatic heterocycles. The van der Waals surface area contributed by atoms with Crippen molar-refractivity contribution in [1.82, 2.24) is 4.90 Å². The van der Waals surface area contributed by atoms with Crippen molar-refractivity contribution in [3.8, 4) is 0 Å². The highest BCUT2D eigenvalue weighted by Crippen LogP contribution is 2.19. The lowest BCUT2D eigenvalue weighted by Crippen LogP contribution is -2.37. The maximum absolute atomic E-state index is 12.9. The number of carbonyl (C=O) groups excluding carboxylic acids is 1. The van der Waals surface area contributed by atoms with Crippen LogP contribution in [0.2, 0.25) is 0 Å². The molecule has 0 aliphatic carbocycles. The number of halogens is 1. The van der Waals surface area contributed by atoms with E-state index < -0.39 is 5.82 Å². The normalized spacial score (nSPS) is 19.3. The van der Waals surface area contributed by atoms with Gasteiger partial charge in [0.25, 0.3) is 5.91 Å². The van der Waals surface area contributed by atoms with E-state index in [9.17, 15) is 9.18 Å². The molecule has 2 rings (SSSR count). The van der Waals surface area contributed by atoms with E-state index in [1.165, 1.54) is 12.1 Å². The number of nitrogens with two attached hydrogens (primary N) is 1. The van der Waals surface area contributed by atoms with Crippen molar-refractivity contribution in [2.24, 2.45) is 0 Å². The van der Waals surface area contributed by atoms with Crippen LogP contribution in [0.15, 0.2) is 18.2 Å². The minimum atomic E-state index is -0.439. The van der Waals surface area contributed by atoms with Crippen LogP contribution < -0.4 is 5.73 Å². The molecule has 0 spiro atoms. The molecule has 1 aliphatic rings. The van der Waals surface area contributed by atoms with Crippen molar-refractivity contribution in [3.63, 3.8) is 0 Å². The summed E-state index contributed by atoms with van der Waals surface area (Å²) in [7, 11) is 1.71. The van der Waals surface area contributed by atoms with E-state index in [2.05, 4.69) is 0 Å². The number of amides is 1. The number of likely N-dealkylation sites (N-methyl/N-ethyl adjacent to an activating group) is 1. The number of nitrogens with zero attached hydrogens (tertiary/aromatic N) is 1. The third-order valence-electron chi connectivity index (χ3n) is 3.02. The molecule has 4 nitrogen and oxygen atoms in total. The first-order valence-corrected chi connectivity index (χ1v) is 5.49. The summed E-state index contributed by atoms with van der Waals surface area (Å²) in [6, 6.07) is 3.89. The summed E-state index contributed by atoms with van der Waals surface area (Å²) in [6.07, 6.45) is 0.823. The van der Waals surface area contributed by atoms with E-state index in [0.717, 1.165) is 12.5 Å². The molecular weight excluding hydrogens is 223 g/mol. The van der Waals surface area contributed by atoms with E-state index >= 15 is 0 Å². The van der Waals surface area contributed by atoms with Crippen molar-refractivity contribution in [2.75, 3.05) is 26.0 Å². The maximum atomic E-state index is 12.9. The summed E-state index contributed by atoms with van der Waals surface area (Å²) in [6.45, 7) is 1.21. The van der Waals surface area contributed by atoms with Gasteiger partial charge in [-0.05, 0) is 24.6 Å². The lowest BCUT2D eigenvalue weighted by molar-refractivity contribution is 0.0712. The fourth-order valence-corrected chi connectivity index (χ4v) is 1.91. The Morgan fingerprint density at radius 2 is 2.35 bits per heavy atom. The minimum absolute atomic E-state index is 0.0759. The number of hydrogen-bond donors (Lipinski definition) is 1. The monoisotopic (exact) mass is 238 g/mol. The fourth-order valence-electron chi connectivity index (χ4n) is 1.91. The molecule has 1 saturated heterocycles. The van der Waals surface area contributed by atoms with Gasteiger partial charge in [-0.15, -0.1) is 0 Å². The molecule has 17 heavy (non-hydrogen) atoms. The number of anilines is 1. The summed E-state index contributed by atoms with van der Waals surface area (Å²) in [5, 5.41) is 0. The Bertz CT molecular complexity index is 431. The van der Waals surface area contributed by atoms with Gasteiger partial charge in [0.05, 0.1) is 18.2 Å². The van der Waals surface area contributed by atoms with Crippen LogP contribution in [0.4, 0.5) is 10.1 Å². The van der Waals surface area contributed by atoms with Crippen molar-refractivity contribution < 1.29 is 13.9 Å². The molecule has 1 atom stereocenters. The van der Waals surface area contributed by atoms with Crippen LogP contribution in [0, 0.1) is 5.82 Å². The second-order valence-electron chi connectivity index (χ2n) is 4.17. The predicted molar refractivity (Wildman–Crippen MR) is 62.1 cm³/mol. The van der Waals surface area contributed by atoms with Crippen LogP contribution >= 0.6 is 0 Å². The molecule has 1 aromatic rings. The zero-order valence-corrected chi connectivity index (χ0v) is 9.65. The smallest absolute Gasteiger partial charge is 0.256 e. The topological polar surface area (TPSA) is 55.6 Å². The number of nitrogen functional groups attached to an aromatic ring is 1. The highest BCUT2D eigenvalue weighted by Gasteiger charge is 2.25. The zero-order chi connectivity index (χ0) is 12.4. The van der Waals surface area contributed by atoms with Gasteiger partial charge in [0.2, 0.25) is 0 Å². The maximum Gasteiger partial charge on any atom is 0.256 e. The molecule has 0 bridgehead atoms. The van der Waals surface area contributed by atoms with Gasteiger partial charge in [-0.3, -0.25) is 4.79 Å². The Morgan fingerprint density at radius 1 is 1.59 bits per heavy atom. The van der Waals surface area contributed by atoms with Crippen molar-refractivity contribution in [3.05, 3.63) is 29.6 Å². The first-order valence-electron chi connectivity index (χ1n) is 5.49. The van der Waals surface area contributed by atoms with E-state index in [1.54, 1.807) is 11.9 Å². The van der Waals surface area contributed by atoms with Crippen molar-refractivity contribution in [2.45, 2.75) is 12.5 Å². The lowest BCUT2D eigenvalue weighted by Gasteiger charge is -2.23. The van der Waals surface area contributed by atoms with E-state index in [0.29, 0.717) is 18.8 Å². The van der Waals surface area contributed by atoms with Gasteiger partial charge in [-0.2, -0.15) is 0 Å². The van der Waals surface area contributed by atoms with Gasteiger partial charge < -0.3 is 15.4 Å². The Balaban J connectivity index is 2.18. The number of rotatable bonds is 2. The third-order valence-corrected chi connectivity index (χ3v) is 3.02. The number of carbonyl (C=O) groups is 1. The van der Waals surface area contributed by atoms with Crippen LogP contribution in [0.5, 0.6) is 0 Å². The highest BCUT2D eigenvalue weighted by atomic mass is 19.1. The van der Waals surface area contributed by atoms with Crippen LogP contribution in [-0.4, -0.2) is 37.1 Å². The molecule has 1 unspecified atom stereocenters. The molecule has 5 heteroatoms. The van der Waals surface area contributed by atoms with Crippen molar-refractivity contribution in [1.29, 1.82) is 0 Å². The fraction of sp³-hybridized carbons (Fsp3) is 0.417. The van der Waals surface area contributed by atoms with Gasteiger partial charge in [0.1, 0.15) is 5.82 Å². The van der Waals surface area contributed by atoms with Gasteiger partial charge in [-0.25, -0.2) is 4.39 Å². The highest BCUT2D eigenvalue weighted by molar-refractivity contribution is 5.99. The second-order valence-corrected chi connectivity index (χ2v) is 4.17. The molecule has 1 aromatic carbocycles. The number of hydrogen-bond acceptors (Lipinski definition) is 3. The standard InChI is InChI=1S/C12H15FN2O2/c1-15(9-4-5-17-7-9)12(16)10-3-2-8(13)6-11(10)14/h2-3,6,9H,4-5,7,14H2,1H3. The Labute approximate surface area is 99.2 Å². The molecule has 92 valence electrons. The molecular formula is C12H15FN2O2. The van der Waals surface area contributed by atoms with Gasteiger partial charge in [0, 0.05) is 19.3 Å². The Hall–Kier alpha value is -1.62. The van der Waals surface area contributed by atoms with E-state index in [4.69, 9.17) is 10.5 Å². The summed E-state index contributed by atoms with van der Waals surface area (Å²) < 4.78 is 18.1. The van der Waals surface area contributed by atoms with Crippen molar-refractivity contribution >= 4 is 11.6 Å². The Kier molecular flexibility index (Phi) is 3.28. The van der Waals surface area contributed by atoms with Gasteiger partial charge >= 0.3 is 0 Å². The molecule has 0 aromatic heterocycles. The lowest BCUT2D eigenvalue weighted by atomic mass is 10.1. The third kappa shape index (κ3) is 2.39. The summed E-state index contributed by atoms with van der Waals surface area (Å²) in [5.74, 6) is -0.635. The van der Waals surface area contributed by atoms with Crippen LogP contribution in [0.1, 0.15) is 16.8 Å². The van der Waals surface area contributed by atoms with E-state index in [1.807, 2.05) is 0 Å². The molecule has 0 saturated carbocycles. The minimum Gasteiger partial charge on any atom is -0.398 e. The second kappa shape index (κ2) is 4.71. The summed E-state index contributed by atoms with van der Waals surface area (Å²) in [4.78, 5) is 13.7. The largest absolute Gasteiger partial charge is 0.398 e. The SMILES string of the molecule is CN(C(=O)c1ccc(F)cc1N)C1CCOC1. The Morgan fingerprint density at radius 3 is 2.94 bits per heavy atom. The quantitative estimate of drug-likeness (QED) is 0.789. The summed E-state index contributed by atoms with van der Waals surface area (Å²) in [5.41, 5.74) is 6.14. The predicted octanol–water partition coefficient (Wildman–Crippen LogP) is 1.27. The summed E-state index contributed by atoms with van der Waals surface area (Å²) >= 11 is 0. The first-order chi connectivity index (χ1) is 8.09. The number of ether oxygens (including phenoxy) is 1. The van der Waals surface area contributed by atoms with E-state index in [-0.39, 0.29) is 17.6 Å². The average Bonchev–Trinajstić information content (AvgIpc) is 2.80. The number of benzene rings is 1. The van der Waals surface area contributed by atoms with Crippen LogP contribution in [0.3, 0.4) is 0 Å². The molecule has 1 amide bonds. The van der Waals surface area contributed by atoms with Gasteiger partial charge in [-0.1, -0.05) is 0 Å². The first kappa shape index (κ1) is 11.9. The molecule has 1 fully saturated rings. The molecule has 1 heterocycles. The van der Waals surface area contributed by atoms with Gasteiger partial charge in [0.15, 0.2) is 0 Å².